The maximum absolute atomic E-state index is 13.6. The number of fused-ring (bicyclic) bond motifs is 1. The van der Waals surface area contributed by atoms with Crippen molar-refractivity contribution in [2.75, 3.05) is 11.4 Å². The van der Waals surface area contributed by atoms with Crippen molar-refractivity contribution >= 4 is 23.1 Å². The SMILES string of the molecule is CCN1C(=Cc2c(C)c(=[N+](c3ccccc3)c3ccccc3)c2=O)C(C)(C)c2ccccc21. The minimum Gasteiger partial charge on any atom is -0.344 e. The molecule has 0 atom stereocenters. The van der Waals surface area contributed by atoms with Crippen LogP contribution in [-0.2, 0) is 5.41 Å². The lowest BCUT2D eigenvalue weighted by molar-refractivity contribution is 0.638. The second kappa shape index (κ2) is 8.00. The second-order valence-corrected chi connectivity index (χ2v) is 9.14. The molecule has 33 heavy (non-hydrogen) atoms. The third-order valence-corrected chi connectivity index (χ3v) is 6.87. The molecule has 5 rings (SSSR count). The first-order valence-corrected chi connectivity index (χ1v) is 11.6. The zero-order valence-corrected chi connectivity index (χ0v) is 19.7. The first-order valence-electron chi connectivity index (χ1n) is 11.6. The Balaban J connectivity index is 1.72. The van der Waals surface area contributed by atoms with Crippen LogP contribution in [0.2, 0.25) is 0 Å². The van der Waals surface area contributed by atoms with Crippen LogP contribution in [0.15, 0.2) is 95.4 Å². The van der Waals surface area contributed by atoms with Gasteiger partial charge < -0.3 is 4.90 Å². The molecule has 0 bridgehead atoms. The lowest BCUT2D eigenvalue weighted by Gasteiger charge is -2.26. The Labute approximate surface area is 195 Å². The Morgan fingerprint density at radius 2 is 1.39 bits per heavy atom. The van der Waals surface area contributed by atoms with E-state index in [0.29, 0.717) is 0 Å². The molecule has 4 aromatic rings. The number of nitrogens with zero attached hydrogens (tertiary/aromatic N) is 2. The molecule has 0 amide bonds. The Kier molecular flexibility index (Phi) is 5.13. The fourth-order valence-corrected chi connectivity index (χ4v) is 5.12. The van der Waals surface area contributed by atoms with Crippen molar-refractivity contribution in [3.8, 4) is 0 Å². The smallest absolute Gasteiger partial charge is 0.263 e. The van der Waals surface area contributed by atoms with Crippen molar-refractivity contribution < 1.29 is 0 Å². The predicted octanol–water partition coefficient (Wildman–Crippen LogP) is 5.83. The molecular weight excluding hydrogens is 404 g/mol. The van der Waals surface area contributed by atoms with Crippen LogP contribution >= 0.6 is 0 Å². The van der Waals surface area contributed by atoms with E-state index in [4.69, 9.17) is 0 Å². The summed E-state index contributed by atoms with van der Waals surface area (Å²) in [5.41, 5.74) is 7.47. The van der Waals surface area contributed by atoms with E-state index in [1.165, 1.54) is 16.9 Å². The molecule has 0 aromatic heterocycles. The summed E-state index contributed by atoms with van der Waals surface area (Å²) in [4.78, 5) is 16.0. The number of hydrogen-bond acceptors (Lipinski definition) is 2. The lowest BCUT2D eigenvalue weighted by atomic mass is 9.82. The Morgan fingerprint density at radius 3 is 1.94 bits per heavy atom. The van der Waals surface area contributed by atoms with Crippen LogP contribution in [0.1, 0.15) is 37.5 Å². The minimum atomic E-state index is -0.158. The second-order valence-electron chi connectivity index (χ2n) is 9.14. The van der Waals surface area contributed by atoms with E-state index in [1.807, 2.05) is 60.7 Å². The zero-order valence-electron chi connectivity index (χ0n) is 19.7. The molecule has 1 aliphatic heterocycles. The minimum absolute atomic E-state index is 0.0931. The van der Waals surface area contributed by atoms with Gasteiger partial charge in [0.25, 0.3) is 10.8 Å². The van der Waals surface area contributed by atoms with Gasteiger partial charge in [0.05, 0.1) is 0 Å². The van der Waals surface area contributed by atoms with E-state index < -0.39 is 0 Å². The summed E-state index contributed by atoms with van der Waals surface area (Å²) in [7, 11) is 0. The average Bonchev–Trinajstić information content (AvgIpc) is 3.07. The molecule has 1 aliphatic rings. The summed E-state index contributed by atoms with van der Waals surface area (Å²) in [6.45, 7) is 9.59. The molecule has 0 aliphatic carbocycles. The van der Waals surface area contributed by atoms with Gasteiger partial charge in [0.2, 0.25) is 11.4 Å². The van der Waals surface area contributed by atoms with Crippen LogP contribution in [-0.4, -0.2) is 6.54 Å². The van der Waals surface area contributed by atoms with Gasteiger partial charge in [0, 0.05) is 58.7 Å². The molecule has 0 N–H and O–H groups in total. The summed E-state index contributed by atoms with van der Waals surface area (Å²) in [6.07, 6.45) is 2.12. The Hall–Kier alpha value is -3.72. The van der Waals surface area contributed by atoms with Gasteiger partial charge in [-0.05, 0) is 31.6 Å². The average molecular weight is 434 g/mol. The van der Waals surface area contributed by atoms with E-state index >= 15 is 0 Å². The van der Waals surface area contributed by atoms with Crippen LogP contribution < -0.4 is 20.3 Å². The van der Waals surface area contributed by atoms with E-state index in [1.54, 1.807) is 0 Å². The fourth-order valence-electron chi connectivity index (χ4n) is 5.12. The standard InChI is InChI=1S/C30H29N2O/c1-5-31-26-19-13-12-18-25(26)30(3,4)27(31)20-24-21(2)28(29(24)33)32(22-14-8-6-9-15-22)23-16-10-7-11-17-23/h6-20H,5H2,1-4H3/q+1. The maximum Gasteiger partial charge on any atom is 0.263 e. The van der Waals surface area contributed by atoms with Crippen LogP contribution in [0.5, 0.6) is 0 Å². The molecule has 0 saturated heterocycles. The van der Waals surface area contributed by atoms with Crippen molar-refractivity contribution in [3.05, 3.63) is 123 Å². The third-order valence-electron chi connectivity index (χ3n) is 6.87. The highest BCUT2D eigenvalue weighted by Gasteiger charge is 2.40. The van der Waals surface area contributed by atoms with Gasteiger partial charge in [-0.3, -0.25) is 4.79 Å². The zero-order chi connectivity index (χ0) is 23.2. The van der Waals surface area contributed by atoms with Gasteiger partial charge in [-0.2, -0.15) is 4.58 Å². The highest BCUT2D eigenvalue weighted by atomic mass is 16.1. The quantitative estimate of drug-likeness (QED) is 0.378. The van der Waals surface area contributed by atoms with Crippen LogP contribution in [0, 0.1) is 6.92 Å². The first-order chi connectivity index (χ1) is 15.9. The fraction of sp³-hybridized carbons (Fsp3) is 0.200. The van der Waals surface area contributed by atoms with Crippen molar-refractivity contribution in [1.82, 2.24) is 4.58 Å². The van der Waals surface area contributed by atoms with Crippen molar-refractivity contribution in [2.45, 2.75) is 33.1 Å². The highest BCUT2D eigenvalue weighted by Crippen LogP contribution is 2.47. The van der Waals surface area contributed by atoms with Gasteiger partial charge in [0.1, 0.15) is 0 Å². The summed E-state index contributed by atoms with van der Waals surface area (Å²) in [5.74, 6) is 0. The molecule has 1 heterocycles. The van der Waals surface area contributed by atoms with Crippen molar-refractivity contribution in [3.63, 3.8) is 0 Å². The summed E-state index contributed by atoms with van der Waals surface area (Å²) in [6, 6.07) is 28.8. The van der Waals surface area contributed by atoms with E-state index in [2.05, 4.69) is 67.5 Å². The van der Waals surface area contributed by atoms with Crippen LogP contribution in [0.3, 0.4) is 0 Å². The predicted molar refractivity (Wildman–Crippen MR) is 138 cm³/mol. The Morgan fingerprint density at radius 1 is 0.848 bits per heavy atom. The normalized spacial score (nSPS) is 15.8. The number of benzene rings is 3. The highest BCUT2D eigenvalue weighted by molar-refractivity contribution is 5.77. The molecule has 0 spiro atoms. The molecule has 0 saturated carbocycles. The van der Waals surface area contributed by atoms with E-state index in [9.17, 15) is 4.79 Å². The molecule has 0 radical (unpaired) electrons. The van der Waals surface area contributed by atoms with E-state index in [0.717, 1.165) is 34.4 Å². The lowest BCUT2D eigenvalue weighted by Crippen LogP contribution is -2.45. The number of likely N-dealkylation sites (N-methyl/N-ethyl adjacent to an activating group) is 1. The maximum atomic E-state index is 13.6. The van der Waals surface area contributed by atoms with Crippen molar-refractivity contribution in [2.24, 2.45) is 0 Å². The van der Waals surface area contributed by atoms with Gasteiger partial charge in [-0.1, -0.05) is 68.4 Å². The molecule has 3 nitrogen and oxygen atoms in total. The first kappa shape index (κ1) is 21.1. The number of rotatable bonds is 4. The number of allylic oxidation sites excluding steroid dienone is 1. The van der Waals surface area contributed by atoms with Gasteiger partial charge in [0.15, 0.2) is 0 Å². The summed E-state index contributed by atoms with van der Waals surface area (Å²) >= 11 is 0. The molecule has 3 heteroatoms. The summed E-state index contributed by atoms with van der Waals surface area (Å²) < 4.78 is 2.08. The largest absolute Gasteiger partial charge is 0.344 e. The van der Waals surface area contributed by atoms with Gasteiger partial charge in [-0.15, -0.1) is 0 Å². The molecule has 0 fully saturated rings. The van der Waals surface area contributed by atoms with Gasteiger partial charge >= 0.3 is 0 Å². The molecule has 0 unspecified atom stereocenters. The topological polar surface area (TPSA) is 23.3 Å². The number of anilines is 1. The third kappa shape index (κ3) is 3.27. The van der Waals surface area contributed by atoms with Gasteiger partial charge in [-0.25, -0.2) is 0 Å². The monoisotopic (exact) mass is 433 g/mol. The number of para-hydroxylation sites is 3. The van der Waals surface area contributed by atoms with Crippen molar-refractivity contribution in [1.29, 1.82) is 0 Å². The number of hydrogen-bond donors (Lipinski definition) is 0. The Bertz CT molecular complexity index is 1390. The van der Waals surface area contributed by atoms with Crippen LogP contribution in [0.25, 0.3) is 6.08 Å². The molecular formula is C30H29N2O+. The summed E-state index contributed by atoms with van der Waals surface area (Å²) in [5, 5.41) is 0.746. The molecule has 164 valence electrons. The molecule has 4 aromatic carbocycles. The van der Waals surface area contributed by atoms with Crippen LogP contribution in [0.4, 0.5) is 17.1 Å². The van der Waals surface area contributed by atoms with E-state index in [-0.39, 0.29) is 10.8 Å².